The topological polar surface area (TPSA) is 32.3 Å². The van der Waals surface area contributed by atoms with E-state index in [9.17, 15) is 5.11 Å². The van der Waals surface area contributed by atoms with Crippen LogP contribution in [-0.4, -0.2) is 11.7 Å². The van der Waals surface area contributed by atoms with Gasteiger partial charge in [0.25, 0.3) is 0 Å². The maximum atomic E-state index is 10.8. The predicted molar refractivity (Wildman–Crippen MR) is 93.5 cm³/mol. The predicted octanol–water partition coefficient (Wildman–Crippen LogP) is 5.16. The first-order chi connectivity index (χ1) is 10.6. The van der Waals surface area contributed by atoms with Gasteiger partial charge in [0.15, 0.2) is 0 Å². The Morgan fingerprint density at radius 1 is 0.909 bits per heavy atom. The van der Waals surface area contributed by atoms with Crippen LogP contribution in [0.15, 0.2) is 48.5 Å². The second-order valence-electron chi connectivity index (χ2n) is 5.33. The maximum Gasteiger partial charge on any atom is 0.0984 e. The molecule has 0 aliphatic heterocycles. The molecular formula is C18H21Cl2NO. The van der Waals surface area contributed by atoms with Crippen molar-refractivity contribution in [3.8, 4) is 0 Å². The third-order valence-corrected chi connectivity index (χ3v) is 4.15. The van der Waals surface area contributed by atoms with Crippen LogP contribution in [0.3, 0.4) is 0 Å². The van der Waals surface area contributed by atoms with Crippen LogP contribution in [0.2, 0.25) is 10.0 Å². The Hall–Kier alpha value is -1.06. The fraction of sp³-hybridized carbons (Fsp3) is 0.333. The van der Waals surface area contributed by atoms with Crippen LogP contribution in [0, 0.1) is 0 Å². The van der Waals surface area contributed by atoms with Crippen molar-refractivity contribution in [2.75, 3.05) is 6.54 Å². The summed E-state index contributed by atoms with van der Waals surface area (Å²) in [5, 5.41) is 15.6. The van der Waals surface area contributed by atoms with E-state index in [1.807, 2.05) is 36.4 Å². The molecule has 2 N–H and O–H groups in total. The monoisotopic (exact) mass is 337 g/mol. The number of benzene rings is 2. The smallest absolute Gasteiger partial charge is 0.0984 e. The summed E-state index contributed by atoms with van der Waals surface area (Å²) in [4.78, 5) is 0. The minimum atomic E-state index is -0.643. The molecule has 0 aromatic heterocycles. The van der Waals surface area contributed by atoms with Crippen molar-refractivity contribution in [2.24, 2.45) is 0 Å². The molecule has 0 heterocycles. The van der Waals surface area contributed by atoms with Crippen LogP contribution >= 0.6 is 23.2 Å². The van der Waals surface area contributed by atoms with E-state index in [-0.39, 0.29) is 6.04 Å². The van der Waals surface area contributed by atoms with Crippen molar-refractivity contribution in [3.05, 3.63) is 69.7 Å². The molecule has 0 amide bonds. The summed E-state index contributed by atoms with van der Waals surface area (Å²) in [6, 6.07) is 14.7. The molecule has 2 aromatic carbocycles. The molecule has 0 aliphatic carbocycles. The highest BCUT2D eigenvalue weighted by Crippen LogP contribution is 2.30. The summed E-state index contributed by atoms with van der Waals surface area (Å²) >= 11 is 11.9. The maximum absolute atomic E-state index is 10.8. The molecule has 4 heteroatoms. The summed E-state index contributed by atoms with van der Waals surface area (Å²) in [6.07, 6.45) is 1.53. The Balaban J connectivity index is 2.22. The number of nitrogens with one attached hydrogen (secondary N) is 1. The van der Waals surface area contributed by atoms with Crippen molar-refractivity contribution in [3.63, 3.8) is 0 Å². The number of halogens is 2. The SMILES string of the molecule is CCCCN[C@@H](c1ccc(Cl)cc1)[C@@H](O)c1ccc(Cl)cc1. The molecule has 0 radical (unpaired) electrons. The Labute approximate surface area is 142 Å². The number of hydrogen-bond donors (Lipinski definition) is 2. The highest BCUT2D eigenvalue weighted by molar-refractivity contribution is 6.30. The molecule has 22 heavy (non-hydrogen) atoms. The quantitative estimate of drug-likeness (QED) is 0.684. The van der Waals surface area contributed by atoms with E-state index in [1.165, 1.54) is 0 Å². The normalized spacial score (nSPS) is 13.8. The fourth-order valence-electron chi connectivity index (χ4n) is 2.37. The second-order valence-corrected chi connectivity index (χ2v) is 6.21. The first-order valence-corrected chi connectivity index (χ1v) is 8.29. The summed E-state index contributed by atoms with van der Waals surface area (Å²) in [7, 11) is 0. The van der Waals surface area contributed by atoms with Gasteiger partial charge in [-0.1, -0.05) is 60.8 Å². The third kappa shape index (κ3) is 4.72. The van der Waals surface area contributed by atoms with Gasteiger partial charge in [0.05, 0.1) is 12.1 Å². The molecule has 2 aromatic rings. The van der Waals surface area contributed by atoms with E-state index in [1.54, 1.807) is 12.1 Å². The summed E-state index contributed by atoms with van der Waals surface area (Å²) in [5.74, 6) is 0. The molecule has 0 unspecified atom stereocenters. The number of rotatable bonds is 7. The number of hydrogen-bond acceptors (Lipinski definition) is 2. The molecular weight excluding hydrogens is 317 g/mol. The average Bonchev–Trinajstić information content (AvgIpc) is 2.53. The van der Waals surface area contributed by atoms with E-state index in [2.05, 4.69) is 12.2 Å². The highest BCUT2D eigenvalue weighted by Gasteiger charge is 2.22. The van der Waals surface area contributed by atoms with Crippen LogP contribution < -0.4 is 5.32 Å². The number of aliphatic hydroxyl groups excluding tert-OH is 1. The van der Waals surface area contributed by atoms with Crippen LogP contribution in [0.1, 0.15) is 43.0 Å². The zero-order valence-electron chi connectivity index (χ0n) is 12.6. The van der Waals surface area contributed by atoms with Crippen molar-refractivity contribution >= 4 is 23.2 Å². The van der Waals surface area contributed by atoms with Gasteiger partial charge in [-0.2, -0.15) is 0 Å². The van der Waals surface area contributed by atoms with Gasteiger partial charge in [0.2, 0.25) is 0 Å². The third-order valence-electron chi connectivity index (χ3n) is 3.65. The molecule has 0 spiro atoms. The average molecular weight is 338 g/mol. The Bertz CT molecular complexity index is 569. The lowest BCUT2D eigenvalue weighted by atomic mass is 9.95. The summed E-state index contributed by atoms with van der Waals surface area (Å²) in [6.45, 7) is 3.00. The zero-order chi connectivity index (χ0) is 15.9. The molecule has 2 nitrogen and oxygen atoms in total. The van der Waals surface area contributed by atoms with E-state index in [0.717, 1.165) is 30.5 Å². The van der Waals surface area contributed by atoms with Crippen molar-refractivity contribution < 1.29 is 5.11 Å². The van der Waals surface area contributed by atoms with Gasteiger partial charge in [0.1, 0.15) is 0 Å². The molecule has 0 saturated heterocycles. The van der Waals surface area contributed by atoms with Gasteiger partial charge in [-0.15, -0.1) is 0 Å². The van der Waals surface area contributed by atoms with Crippen LogP contribution in [0.4, 0.5) is 0 Å². The summed E-state index contributed by atoms with van der Waals surface area (Å²) in [5.41, 5.74) is 1.86. The van der Waals surface area contributed by atoms with Crippen LogP contribution in [-0.2, 0) is 0 Å². The Morgan fingerprint density at radius 2 is 1.41 bits per heavy atom. The minimum absolute atomic E-state index is 0.176. The van der Waals surface area contributed by atoms with Crippen molar-refractivity contribution in [1.29, 1.82) is 0 Å². The van der Waals surface area contributed by atoms with E-state index in [4.69, 9.17) is 23.2 Å². The van der Waals surface area contributed by atoms with Crippen LogP contribution in [0.25, 0.3) is 0 Å². The molecule has 2 rings (SSSR count). The first kappa shape index (κ1) is 17.3. The standard InChI is InChI=1S/C18H21Cl2NO/c1-2-3-12-21-17(13-4-8-15(19)9-5-13)18(22)14-6-10-16(20)11-7-14/h4-11,17-18,21-22H,2-3,12H2,1H3/t17-,18-/m0/s1. The lowest BCUT2D eigenvalue weighted by molar-refractivity contribution is 0.128. The Morgan fingerprint density at radius 3 is 1.91 bits per heavy atom. The molecule has 0 fully saturated rings. The van der Waals surface area contributed by atoms with Gasteiger partial charge in [-0.3, -0.25) is 0 Å². The largest absolute Gasteiger partial charge is 0.386 e. The molecule has 2 atom stereocenters. The van der Waals surface area contributed by atoms with Gasteiger partial charge in [-0.25, -0.2) is 0 Å². The van der Waals surface area contributed by atoms with Crippen LogP contribution in [0.5, 0.6) is 0 Å². The van der Waals surface area contributed by atoms with Gasteiger partial charge >= 0.3 is 0 Å². The first-order valence-electron chi connectivity index (χ1n) is 7.54. The second kappa shape index (κ2) is 8.54. The van der Waals surface area contributed by atoms with Crippen molar-refractivity contribution in [1.82, 2.24) is 5.32 Å². The van der Waals surface area contributed by atoms with E-state index >= 15 is 0 Å². The highest BCUT2D eigenvalue weighted by atomic mass is 35.5. The minimum Gasteiger partial charge on any atom is -0.386 e. The van der Waals surface area contributed by atoms with E-state index < -0.39 is 6.10 Å². The number of unbranched alkanes of at least 4 members (excludes halogenated alkanes) is 1. The fourth-order valence-corrected chi connectivity index (χ4v) is 2.62. The summed E-state index contributed by atoms with van der Waals surface area (Å²) < 4.78 is 0. The van der Waals surface area contributed by atoms with Gasteiger partial charge in [0, 0.05) is 10.0 Å². The number of aliphatic hydroxyl groups is 1. The van der Waals surface area contributed by atoms with Crippen molar-refractivity contribution in [2.45, 2.75) is 31.9 Å². The van der Waals surface area contributed by atoms with Gasteiger partial charge in [-0.05, 0) is 48.4 Å². The molecule has 0 bridgehead atoms. The molecule has 0 saturated carbocycles. The van der Waals surface area contributed by atoms with E-state index in [0.29, 0.717) is 10.0 Å². The lowest BCUT2D eigenvalue weighted by Gasteiger charge is -2.25. The Kier molecular flexibility index (Phi) is 6.71. The lowest BCUT2D eigenvalue weighted by Crippen LogP contribution is -2.28. The zero-order valence-corrected chi connectivity index (χ0v) is 14.1. The van der Waals surface area contributed by atoms with Gasteiger partial charge < -0.3 is 10.4 Å². The molecule has 0 aliphatic rings. The molecule has 118 valence electrons.